The van der Waals surface area contributed by atoms with E-state index in [9.17, 15) is 4.79 Å². The maximum absolute atomic E-state index is 10.6. The summed E-state index contributed by atoms with van der Waals surface area (Å²) in [5.41, 5.74) is 0.925. The first-order valence-corrected chi connectivity index (χ1v) is 3.87. The van der Waals surface area contributed by atoms with Crippen molar-refractivity contribution in [1.82, 2.24) is 15.0 Å². The Labute approximate surface area is 69.0 Å². The van der Waals surface area contributed by atoms with Crippen LogP contribution >= 0.6 is 0 Å². The molecule has 0 amide bonds. The Morgan fingerprint density at radius 2 is 2.58 bits per heavy atom. The number of aliphatic carboxylic acids is 1. The van der Waals surface area contributed by atoms with Crippen molar-refractivity contribution < 1.29 is 9.90 Å². The van der Waals surface area contributed by atoms with Gasteiger partial charge in [-0.3, -0.25) is 4.79 Å². The third kappa shape index (κ3) is 1.07. The average Bonchev–Trinajstić information content (AvgIpc) is 2.49. The van der Waals surface area contributed by atoms with Crippen LogP contribution in [0.2, 0.25) is 0 Å². The van der Waals surface area contributed by atoms with Crippen molar-refractivity contribution in [3.05, 3.63) is 11.9 Å². The average molecular weight is 167 g/mol. The topological polar surface area (TPSA) is 68.0 Å². The molecule has 0 unspecified atom stereocenters. The Morgan fingerprint density at radius 3 is 3.33 bits per heavy atom. The summed E-state index contributed by atoms with van der Waals surface area (Å²) in [5.74, 6) is -0.974. The van der Waals surface area contributed by atoms with Gasteiger partial charge in [-0.05, 0) is 6.42 Å². The first-order valence-electron chi connectivity index (χ1n) is 3.87. The Kier molecular flexibility index (Phi) is 1.56. The van der Waals surface area contributed by atoms with Gasteiger partial charge in [0.1, 0.15) is 0 Å². The maximum atomic E-state index is 10.6. The van der Waals surface area contributed by atoms with E-state index in [0.29, 0.717) is 19.4 Å². The van der Waals surface area contributed by atoms with Crippen molar-refractivity contribution in [1.29, 1.82) is 0 Å². The summed E-state index contributed by atoms with van der Waals surface area (Å²) in [6.07, 6.45) is 2.85. The molecule has 1 aromatic heterocycles. The summed E-state index contributed by atoms with van der Waals surface area (Å²) in [5, 5.41) is 16.3. The number of fused-ring (bicyclic) bond motifs is 1. The highest BCUT2D eigenvalue weighted by Crippen LogP contribution is 2.18. The molecule has 64 valence electrons. The molecular weight excluding hydrogens is 158 g/mol. The van der Waals surface area contributed by atoms with Gasteiger partial charge >= 0.3 is 5.97 Å². The van der Waals surface area contributed by atoms with E-state index in [1.807, 2.05) is 0 Å². The molecule has 1 aromatic rings. The molecule has 0 saturated heterocycles. The molecule has 5 nitrogen and oxygen atoms in total. The van der Waals surface area contributed by atoms with Gasteiger partial charge in [0.25, 0.3) is 0 Å². The molecule has 1 atom stereocenters. The zero-order valence-corrected chi connectivity index (χ0v) is 6.47. The van der Waals surface area contributed by atoms with Gasteiger partial charge in [-0.2, -0.15) is 0 Å². The summed E-state index contributed by atoms with van der Waals surface area (Å²) < 4.78 is 1.76. The third-order valence-electron chi connectivity index (χ3n) is 2.19. The van der Waals surface area contributed by atoms with Gasteiger partial charge in [-0.15, -0.1) is 5.10 Å². The second kappa shape index (κ2) is 2.58. The molecule has 1 aliphatic heterocycles. The number of carbonyl (C=O) groups is 1. The summed E-state index contributed by atoms with van der Waals surface area (Å²) in [7, 11) is 0. The number of hydrogen-bond acceptors (Lipinski definition) is 3. The fourth-order valence-corrected chi connectivity index (χ4v) is 1.47. The zero-order valence-electron chi connectivity index (χ0n) is 6.47. The molecule has 0 spiro atoms. The molecule has 0 aromatic carbocycles. The lowest BCUT2D eigenvalue weighted by Gasteiger charge is -2.18. The van der Waals surface area contributed by atoms with Gasteiger partial charge in [0.2, 0.25) is 0 Å². The molecule has 0 aliphatic carbocycles. The Hall–Kier alpha value is -1.39. The molecule has 0 fully saturated rings. The molecule has 0 radical (unpaired) electrons. The number of aryl methyl sites for hydroxylation is 1. The number of carboxylic acid groups (broad SMARTS) is 1. The minimum absolute atomic E-state index is 0.254. The summed E-state index contributed by atoms with van der Waals surface area (Å²) in [4.78, 5) is 10.6. The van der Waals surface area contributed by atoms with Crippen molar-refractivity contribution in [3.8, 4) is 0 Å². The van der Waals surface area contributed by atoms with E-state index in [2.05, 4.69) is 10.3 Å². The highest BCUT2D eigenvalue weighted by atomic mass is 16.4. The molecule has 12 heavy (non-hydrogen) atoms. The number of hydrogen-bond donors (Lipinski definition) is 1. The van der Waals surface area contributed by atoms with Crippen molar-refractivity contribution >= 4 is 5.97 Å². The van der Waals surface area contributed by atoms with Crippen LogP contribution in [0.5, 0.6) is 0 Å². The number of nitrogens with zero attached hydrogens (tertiary/aromatic N) is 3. The van der Waals surface area contributed by atoms with E-state index in [-0.39, 0.29) is 5.92 Å². The van der Waals surface area contributed by atoms with E-state index < -0.39 is 5.97 Å². The quantitative estimate of drug-likeness (QED) is 0.635. The van der Waals surface area contributed by atoms with Crippen LogP contribution in [0, 0.1) is 5.92 Å². The summed E-state index contributed by atoms with van der Waals surface area (Å²) >= 11 is 0. The molecule has 0 bridgehead atoms. The third-order valence-corrected chi connectivity index (χ3v) is 2.19. The summed E-state index contributed by atoms with van der Waals surface area (Å²) in [6, 6.07) is 0. The van der Waals surface area contributed by atoms with E-state index in [1.54, 1.807) is 10.9 Å². The molecule has 1 N–H and O–H groups in total. The van der Waals surface area contributed by atoms with Gasteiger partial charge in [0.15, 0.2) is 0 Å². The standard InChI is InChI=1S/C7H9N3O2/c11-7(12)5-1-2-10-6(3-5)4-8-9-10/h4-5H,1-3H2,(H,11,12)/t5-/m0/s1. The molecule has 0 saturated carbocycles. The minimum atomic E-state index is -0.720. The van der Waals surface area contributed by atoms with Crippen molar-refractivity contribution in [2.75, 3.05) is 0 Å². The lowest BCUT2D eigenvalue weighted by atomic mass is 9.97. The Bertz CT molecular complexity index is 307. The fraction of sp³-hybridized carbons (Fsp3) is 0.571. The summed E-state index contributed by atoms with van der Waals surface area (Å²) in [6.45, 7) is 0.673. The van der Waals surface area contributed by atoms with Crippen LogP contribution in [-0.2, 0) is 17.8 Å². The van der Waals surface area contributed by atoms with Crippen LogP contribution in [-0.4, -0.2) is 26.1 Å². The van der Waals surface area contributed by atoms with Crippen LogP contribution in [0.15, 0.2) is 6.20 Å². The maximum Gasteiger partial charge on any atom is 0.306 e. The van der Waals surface area contributed by atoms with Crippen LogP contribution in [0.1, 0.15) is 12.1 Å². The van der Waals surface area contributed by atoms with Gasteiger partial charge in [-0.25, -0.2) is 4.68 Å². The van der Waals surface area contributed by atoms with Crippen molar-refractivity contribution in [3.63, 3.8) is 0 Å². The SMILES string of the molecule is O=C(O)[C@H]1CCn2nncc2C1. The minimum Gasteiger partial charge on any atom is -0.481 e. The first-order chi connectivity index (χ1) is 5.77. The van der Waals surface area contributed by atoms with E-state index in [4.69, 9.17) is 5.11 Å². The lowest BCUT2D eigenvalue weighted by Crippen LogP contribution is -2.25. The predicted octanol–water partition coefficient (Wildman–Crippen LogP) is -0.0749. The van der Waals surface area contributed by atoms with E-state index >= 15 is 0 Å². The second-order valence-corrected chi connectivity index (χ2v) is 2.98. The largest absolute Gasteiger partial charge is 0.481 e. The number of rotatable bonds is 1. The molecule has 1 aliphatic rings. The van der Waals surface area contributed by atoms with Crippen LogP contribution in [0.4, 0.5) is 0 Å². The predicted molar refractivity (Wildman–Crippen MR) is 39.5 cm³/mol. The first kappa shape index (κ1) is 7.27. The normalized spacial score (nSPS) is 21.8. The van der Waals surface area contributed by atoms with Crippen LogP contribution < -0.4 is 0 Å². The van der Waals surface area contributed by atoms with Gasteiger partial charge in [0, 0.05) is 13.0 Å². The smallest absolute Gasteiger partial charge is 0.306 e. The van der Waals surface area contributed by atoms with E-state index in [0.717, 1.165) is 5.69 Å². The number of aromatic nitrogens is 3. The highest BCUT2D eigenvalue weighted by Gasteiger charge is 2.24. The fourth-order valence-electron chi connectivity index (χ4n) is 1.47. The second-order valence-electron chi connectivity index (χ2n) is 2.98. The van der Waals surface area contributed by atoms with Crippen molar-refractivity contribution in [2.24, 2.45) is 5.92 Å². The monoisotopic (exact) mass is 167 g/mol. The van der Waals surface area contributed by atoms with Crippen LogP contribution in [0.3, 0.4) is 0 Å². The van der Waals surface area contributed by atoms with Gasteiger partial charge < -0.3 is 5.11 Å². The molecular formula is C7H9N3O2. The molecule has 2 rings (SSSR count). The Morgan fingerprint density at radius 1 is 1.75 bits per heavy atom. The van der Waals surface area contributed by atoms with Crippen molar-refractivity contribution in [2.45, 2.75) is 19.4 Å². The molecule has 5 heteroatoms. The van der Waals surface area contributed by atoms with Gasteiger partial charge in [-0.1, -0.05) is 5.21 Å². The van der Waals surface area contributed by atoms with Gasteiger partial charge in [0.05, 0.1) is 17.8 Å². The Balaban J connectivity index is 2.20. The number of carboxylic acids is 1. The van der Waals surface area contributed by atoms with E-state index in [1.165, 1.54) is 0 Å². The lowest BCUT2D eigenvalue weighted by molar-refractivity contribution is -0.142. The van der Waals surface area contributed by atoms with Crippen LogP contribution in [0.25, 0.3) is 0 Å². The molecule has 2 heterocycles. The highest BCUT2D eigenvalue weighted by molar-refractivity contribution is 5.70. The zero-order chi connectivity index (χ0) is 8.55.